The number of carbonyl (C=O) groups is 3. The summed E-state index contributed by atoms with van der Waals surface area (Å²) in [6, 6.07) is 14.8. The number of allylic oxidation sites excluding steroid dienone is 1. The number of imide groups is 1. The van der Waals surface area contributed by atoms with E-state index < -0.39 is 60.6 Å². The van der Waals surface area contributed by atoms with Crippen LogP contribution in [0.15, 0.2) is 82.5 Å². The number of alkyl halides is 2. The number of rotatable bonds is 9. The molecular formula is C43H48F4N8O5. The second-order valence-electron chi connectivity index (χ2n) is 16.2. The Morgan fingerprint density at radius 3 is 2.42 bits per heavy atom. The van der Waals surface area contributed by atoms with Crippen LogP contribution in [0, 0.1) is 5.82 Å². The van der Waals surface area contributed by atoms with Gasteiger partial charge in [0.05, 0.1) is 24.5 Å². The van der Waals surface area contributed by atoms with E-state index in [4.69, 9.17) is 4.74 Å². The molecule has 0 bridgehead atoms. The number of nitrogens with one attached hydrogen (secondary N) is 4. The number of nitrogens with zero attached hydrogens (tertiary/aromatic N) is 4. The molecule has 1 aliphatic carbocycles. The number of aromatic nitrogens is 1. The Labute approximate surface area is 344 Å². The van der Waals surface area contributed by atoms with Crippen LogP contribution in [0.5, 0.6) is 0 Å². The summed E-state index contributed by atoms with van der Waals surface area (Å²) in [5, 5.41) is 11.8. The van der Waals surface area contributed by atoms with Crippen LogP contribution in [0.2, 0.25) is 0 Å². The molecule has 4 N–H and O–H groups in total. The Morgan fingerprint density at radius 1 is 0.883 bits per heavy atom. The third-order valence-electron chi connectivity index (χ3n) is 12.2. The van der Waals surface area contributed by atoms with Crippen molar-refractivity contribution in [1.29, 1.82) is 0 Å². The second kappa shape index (κ2) is 17.6. The van der Waals surface area contributed by atoms with Gasteiger partial charge in [-0.05, 0) is 106 Å². The summed E-state index contributed by atoms with van der Waals surface area (Å²) in [5.74, 6) is -5.08. The molecule has 3 atom stereocenters. The molecule has 0 radical (unpaired) electrons. The highest BCUT2D eigenvalue weighted by Gasteiger charge is 2.49. The number of hydrogen-bond donors (Lipinski definition) is 4. The molecule has 4 fully saturated rings. The number of halogens is 4. The van der Waals surface area contributed by atoms with Crippen molar-refractivity contribution < 1.29 is 36.7 Å². The van der Waals surface area contributed by atoms with E-state index in [2.05, 4.69) is 26.3 Å². The Hall–Kier alpha value is -5.55. The van der Waals surface area contributed by atoms with Crippen molar-refractivity contribution in [1.82, 2.24) is 30.3 Å². The molecular weight excluding hydrogens is 785 g/mol. The van der Waals surface area contributed by atoms with Gasteiger partial charge in [0.25, 0.3) is 11.5 Å². The van der Waals surface area contributed by atoms with Crippen LogP contribution in [0.1, 0.15) is 74.8 Å². The minimum absolute atomic E-state index is 0.0201. The molecule has 3 amide bonds. The maximum atomic E-state index is 15.7. The summed E-state index contributed by atoms with van der Waals surface area (Å²) in [5.41, 5.74) is 2.09. The van der Waals surface area contributed by atoms with Gasteiger partial charge < -0.3 is 20.3 Å². The van der Waals surface area contributed by atoms with Crippen molar-refractivity contribution in [2.75, 3.05) is 31.5 Å². The van der Waals surface area contributed by atoms with Gasteiger partial charge in [0.2, 0.25) is 11.8 Å². The van der Waals surface area contributed by atoms with Crippen LogP contribution >= 0.6 is 0 Å². The van der Waals surface area contributed by atoms with Crippen molar-refractivity contribution in [2.24, 2.45) is 4.99 Å². The number of amides is 3. The first kappa shape index (κ1) is 41.2. The number of aliphatic imine (C=N–C) groups is 1. The monoisotopic (exact) mass is 832 g/mol. The lowest BCUT2D eigenvalue weighted by molar-refractivity contribution is -0.133. The number of hydrogen-bond acceptors (Lipinski definition) is 10. The molecule has 8 rings (SSSR count). The summed E-state index contributed by atoms with van der Waals surface area (Å²) in [7, 11) is 0. The van der Waals surface area contributed by atoms with E-state index >= 15 is 13.2 Å². The van der Waals surface area contributed by atoms with Crippen LogP contribution in [0.25, 0.3) is 11.4 Å². The summed E-state index contributed by atoms with van der Waals surface area (Å²) >= 11 is 0. The second-order valence-corrected chi connectivity index (χ2v) is 16.2. The molecule has 2 aromatic carbocycles. The van der Waals surface area contributed by atoms with Gasteiger partial charge in [-0.25, -0.2) is 22.4 Å². The lowest BCUT2D eigenvalue weighted by Gasteiger charge is -2.45. The van der Waals surface area contributed by atoms with Crippen LogP contribution in [-0.2, 0) is 14.3 Å². The number of anilines is 1. The highest BCUT2D eigenvalue weighted by atomic mass is 19.3. The van der Waals surface area contributed by atoms with Crippen molar-refractivity contribution in [3.63, 3.8) is 0 Å². The molecule has 1 saturated carbocycles. The number of pyridine rings is 1. The fraction of sp³-hybridized carbons (Fsp3) is 0.465. The van der Waals surface area contributed by atoms with E-state index in [-0.39, 0.29) is 48.5 Å². The number of benzene rings is 2. The predicted molar refractivity (Wildman–Crippen MR) is 216 cm³/mol. The topological polar surface area (TPSA) is 149 Å². The fourth-order valence-corrected chi connectivity index (χ4v) is 9.03. The smallest absolute Gasteiger partial charge is 0.410 e. The maximum absolute atomic E-state index is 15.7. The normalized spacial score (nSPS) is 26.3. The SMILES string of the molecule is O=C1CCC(Nc2ccc(C3CCN(C4CCN(C(=O)OC5CCC(NC6N=CC(F)=C(c7cccc(-n8ccccc8=O)c7)N6)CC5)CC4(F)F)CC3)c(F)c2)C(=O)N1. The van der Waals surface area contributed by atoms with Gasteiger partial charge in [0.15, 0.2) is 12.1 Å². The molecule has 60 heavy (non-hydrogen) atoms. The van der Waals surface area contributed by atoms with Crippen LogP contribution in [0.4, 0.5) is 28.0 Å². The first-order valence-electron chi connectivity index (χ1n) is 20.6. The molecule has 13 nitrogen and oxygen atoms in total. The summed E-state index contributed by atoms with van der Waals surface area (Å²) in [6.45, 7) is 0.113. The first-order chi connectivity index (χ1) is 28.9. The lowest BCUT2D eigenvalue weighted by Crippen LogP contribution is -2.60. The van der Waals surface area contributed by atoms with E-state index in [1.807, 2.05) is 0 Å². The number of ether oxygens (including phenoxy) is 1. The number of likely N-dealkylation sites (tertiary alicyclic amines) is 2. The standard InChI is InChI=1S/C43H48F4N8O5/c44-33-23-29(49-35-13-14-37(56)51-40(35)58)9-12-32(33)26-15-19-53(20-16-26)36-17-21-54(25-43(36,46)47)42(59)60-31-10-7-28(8-11-31)50-41-48-24-34(45)39(52-41)27-4-3-5-30(22-27)55-18-2-1-6-38(55)57/h1-6,9,12,18,22-24,26,28,31,35-36,41,49-50,52H,7-8,10-11,13-17,19-21,25H2,(H,51,56,58). The largest absolute Gasteiger partial charge is 0.446 e. The zero-order valence-electron chi connectivity index (χ0n) is 32.9. The van der Waals surface area contributed by atoms with E-state index in [1.54, 1.807) is 59.6 Å². The predicted octanol–water partition coefficient (Wildman–Crippen LogP) is 5.42. The summed E-state index contributed by atoms with van der Waals surface area (Å²) in [6.07, 6.45) is 4.89. The van der Waals surface area contributed by atoms with Crippen molar-refractivity contribution in [3.05, 3.63) is 100.0 Å². The van der Waals surface area contributed by atoms with Crippen molar-refractivity contribution in [2.45, 2.75) is 100 Å². The quantitative estimate of drug-likeness (QED) is 0.164. The highest BCUT2D eigenvalue weighted by Crippen LogP contribution is 2.38. The van der Waals surface area contributed by atoms with E-state index in [9.17, 15) is 23.6 Å². The molecule has 3 saturated heterocycles. The minimum atomic E-state index is -3.17. The van der Waals surface area contributed by atoms with Gasteiger partial charge in [0.1, 0.15) is 18.0 Å². The Morgan fingerprint density at radius 2 is 1.68 bits per heavy atom. The van der Waals surface area contributed by atoms with E-state index in [1.165, 1.54) is 16.7 Å². The highest BCUT2D eigenvalue weighted by molar-refractivity contribution is 6.01. The number of carbonyl (C=O) groups excluding carboxylic acids is 3. The molecule has 17 heteroatoms. The van der Waals surface area contributed by atoms with E-state index in [0.717, 1.165) is 11.1 Å². The molecule has 318 valence electrons. The molecule has 5 aliphatic rings. The van der Waals surface area contributed by atoms with Gasteiger partial charge >= 0.3 is 6.09 Å². The third kappa shape index (κ3) is 9.26. The van der Waals surface area contributed by atoms with Crippen LogP contribution < -0.4 is 26.8 Å². The lowest BCUT2D eigenvalue weighted by atomic mass is 9.87. The van der Waals surface area contributed by atoms with Crippen LogP contribution in [0.3, 0.4) is 0 Å². The molecule has 3 unspecified atom stereocenters. The molecule has 3 aromatic rings. The van der Waals surface area contributed by atoms with Crippen molar-refractivity contribution in [3.8, 4) is 5.69 Å². The number of piperidine rings is 3. The van der Waals surface area contributed by atoms with Gasteiger partial charge in [-0.15, -0.1) is 0 Å². The zero-order valence-corrected chi connectivity index (χ0v) is 32.9. The van der Waals surface area contributed by atoms with Crippen LogP contribution in [-0.4, -0.2) is 101 Å². The molecule has 1 aromatic heterocycles. The first-order valence-corrected chi connectivity index (χ1v) is 20.6. The molecule has 5 heterocycles. The Balaban J connectivity index is 0.771. The fourth-order valence-electron chi connectivity index (χ4n) is 9.03. The Bertz CT molecular complexity index is 2220. The minimum Gasteiger partial charge on any atom is -0.446 e. The average Bonchev–Trinajstić information content (AvgIpc) is 3.23. The molecule has 0 spiro atoms. The summed E-state index contributed by atoms with van der Waals surface area (Å²) in [4.78, 5) is 56.1. The van der Waals surface area contributed by atoms with Crippen molar-refractivity contribution >= 4 is 35.5 Å². The van der Waals surface area contributed by atoms with Gasteiger partial charge in [-0.1, -0.05) is 24.3 Å². The maximum Gasteiger partial charge on any atom is 0.410 e. The third-order valence-corrected chi connectivity index (χ3v) is 12.2. The average molecular weight is 833 g/mol. The van der Waals surface area contributed by atoms with Gasteiger partial charge in [0, 0.05) is 48.2 Å². The molecule has 4 aliphatic heterocycles. The zero-order chi connectivity index (χ0) is 42.0. The Kier molecular flexibility index (Phi) is 12.1. The van der Waals surface area contributed by atoms with Gasteiger partial charge in [-0.3, -0.25) is 39.5 Å². The van der Waals surface area contributed by atoms with Gasteiger partial charge in [-0.2, -0.15) is 0 Å². The van der Waals surface area contributed by atoms with E-state index in [0.29, 0.717) is 80.5 Å². The summed E-state index contributed by atoms with van der Waals surface area (Å²) < 4.78 is 68.8.